The number of rotatable bonds is 7. The highest BCUT2D eigenvalue weighted by Gasteiger charge is 2.17. The average Bonchev–Trinajstić information content (AvgIpc) is 2.62. The Morgan fingerprint density at radius 2 is 1.77 bits per heavy atom. The molecule has 2 aromatic carbocycles. The van der Waals surface area contributed by atoms with E-state index in [0.717, 1.165) is 11.3 Å². The second-order valence-electron chi connectivity index (χ2n) is 6.48. The van der Waals surface area contributed by atoms with Crippen molar-refractivity contribution < 1.29 is 9.72 Å². The molecule has 0 saturated heterocycles. The van der Waals surface area contributed by atoms with Crippen LogP contribution in [0.2, 0.25) is 0 Å². The van der Waals surface area contributed by atoms with Gasteiger partial charge in [-0.15, -0.1) is 0 Å². The molecule has 1 atom stereocenters. The largest absolute Gasteiger partial charge is 0.378 e. The summed E-state index contributed by atoms with van der Waals surface area (Å²) in [7, 11) is 7.86. The fourth-order valence-corrected chi connectivity index (χ4v) is 2.65. The lowest BCUT2D eigenvalue weighted by Crippen LogP contribution is -2.34. The number of carbonyl (C=O) groups excluding carboxylic acids is 1. The molecule has 0 spiro atoms. The van der Waals surface area contributed by atoms with Gasteiger partial charge in [-0.1, -0.05) is 18.2 Å². The smallest absolute Gasteiger partial charge is 0.270 e. The van der Waals surface area contributed by atoms with Gasteiger partial charge in [0.1, 0.15) is 0 Å². The number of non-ortho nitro benzene ring substituents is 1. The van der Waals surface area contributed by atoms with Crippen LogP contribution in [0.1, 0.15) is 22.0 Å². The fraction of sp³-hybridized carbons (Fsp3) is 0.316. The van der Waals surface area contributed by atoms with Crippen LogP contribution in [-0.2, 0) is 0 Å². The summed E-state index contributed by atoms with van der Waals surface area (Å²) in [6.45, 7) is 0.399. The molecule has 0 saturated carbocycles. The summed E-state index contributed by atoms with van der Waals surface area (Å²) in [5.41, 5.74) is 2.37. The number of hydrogen-bond donors (Lipinski definition) is 1. The minimum atomic E-state index is -0.508. The molecule has 1 N–H and O–H groups in total. The predicted octanol–water partition coefficient (Wildman–Crippen LogP) is 2.69. The summed E-state index contributed by atoms with van der Waals surface area (Å²) in [4.78, 5) is 26.8. The maximum Gasteiger partial charge on any atom is 0.270 e. The molecule has 1 amide bonds. The van der Waals surface area contributed by atoms with Crippen molar-refractivity contribution in [1.82, 2.24) is 10.2 Å². The molecule has 0 aromatic heterocycles. The molecule has 7 heteroatoms. The molecule has 138 valence electrons. The number of amides is 1. The molecular formula is C19H24N4O3. The Hall–Kier alpha value is -2.93. The third kappa shape index (κ3) is 4.80. The maximum absolute atomic E-state index is 12.4. The number of nitrogens with one attached hydrogen (secondary N) is 1. The van der Waals surface area contributed by atoms with E-state index in [-0.39, 0.29) is 23.2 Å². The molecule has 0 heterocycles. The summed E-state index contributed by atoms with van der Waals surface area (Å²) >= 11 is 0. The minimum absolute atomic E-state index is 0.00568. The van der Waals surface area contributed by atoms with Gasteiger partial charge in [-0.3, -0.25) is 14.9 Å². The van der Waals surface area contributed by atoms with Crippen LogP contribution in [0.3, 0.4) is 0 Å². The maximum atomic E-state index is 12.4. The standard InChI is InChI=1S/C19H24N4O3/c1-21(2)16-10-8-14(9-11-16)18(22(3)4)13-20-19(24)15-6-5-7-17(12-15)23(25)26/h5-12,18H,13H2,1-4H3,(H,20,24)/t18-/m0/s1. The number of hydrogen-bond acceptors (Lipinski definition) is 5. The van der Waals surface area contributed by atoms with Gasteiger partial charge in [-0.2, -0.15) is 0 Å². The Morgan fingerprint density at radius 3 is 2.31 bits per heavy atom. The third-order valence-corrected chi connectivity index (χ3v) is 4.19. The van der Waals surface area contributed by atoms with Gasteiger partial charge in [0, 0.05) is 44.0 Å². The molecule has 2 aromatic rings. The number of nitrogens with zero attached hydrogens (tertiary/aromatic N) is 3. The molecule has 0 unspecified atom stereocenters. The van der Waals surface area contributed by atoms with E-state index < -0.39 is 4.92 Å². The van der Waals surface area contributed by atoms with Crippen molar-refractivity contribution in [1.29, 1.82) is 0 Å². The van der Waals surface area contributed by atoms with Gasteiger partial charge in [0.05, 0.1) is 11.0 Å². The molecule has 0 fully saturated rings. The Labute approximate surface area is 153 Å². The Bertz CT molecular complexity index is 773. The summed E-state index contributed by atoms with van der Waals surface area (Å²) < 4.78 is 0. The minimum Gasteiger partial charge on any atom is -0.378 e. The Kier molecular flexibility index (Phi) is 6.30. The number of nitro benzene ring substituents is 1. The van der Waals surface area contributed by atoms with Crippen molar-refractivity contribution in [2.24, 2.45) is 0 Å². The molecule has 0 aliphatic carbocycles. The number of anilines is 1. The van der Waals surface area contributed by atoms with Gasteiger partial charge in [0.25, 0.3) is 11.6 Å². The molecule has 0 aliphatic rings. The van der Waals surface area contributed by atoms with Crippen molar-refractivity contribution in [3.63, 3.8) is 0 Å². The van der Waals surface area contributed by atoms with Gasteiger partial charge in [0.15, 0.2) is 0 Å². The van der Waals surface area contributed by atoms with Crippen molar-refractivity contribution in [2.45, 2.75) is 6.04 Å². The molecular weight excluding hydrogens is 332 g/mol. The van der Waals surface area contributed by atoms with Crippen LogP contribution in [0, 0.1) is 10.1 Å². The lowest BCUT2D eigenvalue weighted by Gasteiger charge is -2.25. The van der Waals surface area contributed by atoms with Crippen molar-refractivity contribution in [3.05, 3.63) is 69.8 Å². The quantitative estimate of drug-likeness (QED) is 0.609. The van der Waals surface area contributed by atoms with Crippen LogP contribution in [-0.4, -0.2) is 50.5 Å². The zero-order valence-corrected chi connectivity index (χ0v) is 15.5. The monoisotopic (exact) mass is 356 g/mol. The van der Waals surface area contributed by atoms with Gasteiger partial charge >= 0.3 is 0 Å². The highest BCUT2D eigenvalue weighted by molar-refractivity contribution is 5.94. The van der Waals surface area contributed by atoms with Crippen molar-refractivity contribution >= 4 is 17.3 Å². The van der Waals surface area contributed by atoms with E-state index in [1.165, 1.54) is 18.2 Å². The number of carbonyl (C=O) groups is 1. The normalized spacial score (nSPS) is 11.9. The van der Waals surface area contributed by atoms with Crippen molar-refractivity contribution in [2.75, 3.05) is 39.6 Å². The van der Waals surface area contributed by atoms with E-state index >= 15 is 0 Å². The van der Waals surface area contributed by atoms with Crippen LogP contribution in [0.4, 0.5) is 11.4 Å². The van der Waals surface area contributed by atoms with E-state index in [2.05, 4.69) is 5.32 Å². The van der Waals surface area contributed by atoms with Gasteiger partial charge in [-0.25, -0.2) is 0 Å². The SMILES string of the molecule is CN(C)c1ccc([C@H](CNC(=O)c2cccc([N+](=O)[O-])c2)N(C)C)cc1. The summed E-state index contributed by atoms with van der Waals surface area (Å²) in [6.07, 6.45) is 0. The van der Waals surface area contributed by atoms with Gasteiger partial charge < -0.3 is 15.1 Å². The number of benzene rings is 2. The lowest BCUT2D eigenvalue weighted by atomic mass is 10.0. The van der Waals surface area contributed by atoms with Crippen LogP contribution in [0.5, 0.6) is 0 Å². The molecule has 0 aliphatic heterocycles. The number of nitro groups is 1. The van der Waals surface area contributed by atoms with Crippen LogP contribution >= 0.6 is 0 Å². The first kappa shape index (κ1) is 19.4. The summed E-state index contributed by atoms with van der Waals surface area (Å²) in [5, 5.41) is 13.7. The van der Waals surface area contributed by atoms with Crippen LogP contribution in [0.15, 0.2) is 48.5 Å². The van der Waals surface area contributed by atoms with E-state index in [1.54, 1.807) is 6.07 Å². The Morgan fingerprint density at radius 1 is 1.12 bits per heavy atom. The number of likely N-dealkylation sites (N-methyl/N-ethyl adjacent to an activating group) is 1. The molecule has 0 bridgehead atoms. The first-order valence-electron chi connectivity index (χ1n) is 8.26. The highest BCUT2D eigenvalue weighted by atomic mass is 16.6. The van der Waals surface area contributed by atoms with E-state index in [1.807, 2.05) is 62.3 Å². The summed E-state index contributed by atoms with van der Waals surface area (Å²) in [5.74, 6) is -0.328. The average molecular weight is 356 g/mol. The van der Waals surface area contributed by atoms with E-state index in [0.29, 0.717) is 6.54 Å². The summed E-state index contributed by atoms with van der Waals surface area (Å²) in [6, 6.07) is 13.9. The highest BCUT2D eigenvalue weighted by Crippen LogP contribution is 2.21. The topological polar surface area (TPSA) is 78.7 Å². The first-order valence-corrected chi connectivity index (χ1v) is 8.26. The van der Waals surface area contributed by atoms with Gasteiger partial charge in [-0.05, 0) is 37.9 Å². The second-order valence-corrected chi connectivity index (χ2v) is 6.48. The Balaban J connectivity index is 2.09. The molecule has 0 radical (unpaired) electrons. The van der Waals surface area contributed by atoms with Crippen molar-refractivity contribution in [3.8, 4) is 0 Å². The third-order valence-electron chi connectivity index (χ3n) is 4.19. The van der Waals surface area contributed by atoms with E-state index in [9.17, 15) is 14.9 Å². The predicted molar refractivity (Wildman–Crippen MR) is 103 cm³/mol. The molecule has 26 heavy (non-hydrogen) atoms. The molecule has 7 nitrogen and oxygen atoms in total. The van der Waals surface area contributed by atoms with E-state index in [4.69, 9.17) is 0 Å². The zero-order valence-electron chi connectivity index (χ0n) is 15.5. The molecule has 2 rings (SSSR count). The second kappa shape index (κ2) is 8.44. The van der Waals surface area contributed by atoms with Crippen LogP contribution < -0.4 is 10.2 Å². The van der Waals surface area contributed by atoms with Gasteiger partial charge in [0.2, 0.25) is 0 Å². The first-order chi connectivity index (χ1) is 12.3. The van der Waals surface area contributed by atoms with Crippen LogP contribution in [0.25, 0.3) is 0 Å². The lowest BCUT2D eigenvalue weighted by molar-refractivity contribution is -0.384. The zero-order chi connectivity index (χ0) is 19.3. The fourth-order valence-electron chi connectivity index (χ4n) is 2.65.